The van der Waals surface area contributed by atoms with Gasteiger partial charge < -0.3 is 0 Å². The Morgan fingerprint density at radius 3 is 2.69 bits per heavy atom. The van der Waals surface area contributed by atoms with E-state index in [1.807, 2.05) is 18.7 Å². The molecule has 3 N–H and O–H groups in total. The van der Waals surface area contributed by atoms with Gasteiger partial charge in [0.05, 0.1) is 16.4 Å². The third-order valence-corrected chi connectivity index (χ3v) is 4.07. The van der Waals surface area contributed by atoms with Crippen LogP contribution in [0.5, 0.6) is 0 Å². The first-order chi connectivity index (χ1) is 7.54. The van der Waals surface area contributed by atoms with E-state index in [1.54, 1.807) is 0 Å². The van der Waals surface area contributed by atoms with Crippen LogP contribution in [0, 0.1) is 18.8 Å². The van der Waals surface area contributed by atoms with E-state index in [4.69, 9.17) is 17.4 Å². The van der Waals surface area contributed by atoms with Crippen molar-refractivity contribution in [1.29, 1.82) is 0 Å². The molecule has 3 unspecified atom stereocenters. The number of aromatic nitrogens is 2. The molecule has 0 radical (unpaired) electrons. The van der Waals surface area contributed by atoms with E-state index in [9.17, 15) is 0 Å². The van der Waals surface area contributed by atoms with Crippen LogP contribution in [0.1, 0.15) is 24.7 Å². The van der Waals surface area contributed by atoms with E-state index >= 15 is 0 Å². The number of nitrogens with zero attached hydrogens (tertiary/aromatic N) is 2. The van der Waals surface area contributed by atoms with Gasteiger partial charge in [0.15, 0.2) is 0 Å². The maximum absolute atomic E-state index is 6.22. The van der Waals surface area contributed by atoms with Crippen molar-refractivity contribution in [3.63, 3.8) is 0 Å². The molecule has 0 aromatic carbocycles. The molecule has 4 nitrogen and oxygen atoms in total. The van der Waals surface area contributed by atoms with Crippen LogP contribution >= 0.6 is 11.6 Å². The molecule has 1 aliphatic carbocycles. The van der Waals surface area contributed by atoms with Crippen molar-refractivity contribution >= 4 is 11.6 Å². The second-order valence-electron chi connectivity index (χ2n) is 4.82. The van der Waals surface area contributed by atoms with Crippen LogP contribution in [0.4, 0.5) is 0 Å². The van der Waals surface area contributed by atoms with E-state index < -0.39 is 0 Å². The maximum Gasteiger partial charge on any atom is 0.0847 e. The summed E-state index contributed by atoms with van der Waals surface area (Å²) in [4.78, 5) is 0. The Balaban J connectivity index is 2.12. The smallest absolute Gasteiger partial charge is 0.0847 e. The number of hydrazine groups is 1. The number of nitrogens with two attached hydrogens (primary N) is 1. The summed E-state index contributed by atoms with van der Waals surface area (Å²) >= 11 is 6.22. The Morgan fingerprint density at radius 2 is 2.31 bits per heavy atom. The summed E-state index contributed by atoms with van der Waals surface area (Å²) < 4.78 is 1.86. The summed E-state index contributed by atoms with van der Waals surface area (Å²) in [5, 5.41) is 5.09. The number of halogens is 1. The molecule has 16 heavy (non-hydrogen) atoms. The average molecular weight is 243 g/mol. The third-order valence-electron chi connectivity index (χ3n) is 3.58. The first-order valence-electron chi connectivity index (χ1n) is 5.68. The quantitative estimate of drug-likeness (QED) is 0.620. The van der Waals surface area contributed by atoms with Crippen molar-refractivity contribution in [3.05, 3.63) is 16.4 Å². The molecule has 0 spiro atoms. The lowest BCUT2D eigenvalue weighted by molar-refractivity contribution is 0.443. The Labute approximate surface area is 101 Å². The highest BCUT2D eigenvalue weighted by Gasteiger charge is 2.39. The van der Waals surface area contributed by atoms with Gasteiger partial charge >= 0.3 is 0 Å². The van der Waals surface area contributed by atoms with Crippen molar-refractivity contribution in [1.82, 2.24) is 15.2 Å². The van der Waals surface area contributed by atoms with Crippen LogP contribution in [0.15, 0.2) is 0 Å². The van der Waals surface area contributed by atoms with Crippen LogP contribution in [0.3, 0.4) is 0 Å². The van der Waals surface area contributed by atoms with Crippen LogP contribution in [-0.2, 0) is 13.5 Å². The molecule has 1 fully saturated rings. The fourth-order valence-electron chi connectivity index (χ4n) is 2.36. The molecular formula is C11H19ClN4. The van der Waals surface area contributed by atoms with E-state index in [0.717, 1.165) is 28.7 Å². The van der Waals surface area contributed by atoms with Crippen molar-refractivity contribution < 1.29 is 0 Å². The highest BCUT2D eigenvalue weighted by atomic mass is 35.5. The number of nitrogens with one attached hydrogen (secondary N) is 1. The minimum Gasteiger partial charge on any atom is -0.271 e. The standard InChI is InChI=1S/C11H19ClN4/c1-6-4-8(6)9(14-13)5-10-11(12)7(2)15-16(10)3/h6,8-9,14H,4-5,13H2,1-3H3. The van der Waals surface area contributed by atoms with E-state index in [1.165, 1.54) is 6.42 Å². The lowest BCUT2D eigenvalue weighted by Crippen LogP contribution is -2.39. The summed E-state index contributed by atoms with van der Waals surface area (Å²) in [5.41, 5.74) is 4.87. The predicted molar refractivity (Wildman–Crippen MR) is 65.0 cm³/mol. The molecule has 0 bridgehead atoms. The lowest BCUT2D eigenvalue weighted by atomic mass is 10.1. The molecule has 0 aliphatic heterocycles. The molecule has 90 valence electrons. The van der Waals surface area contributed by atoms with Gasteiger partial charge in [-0.25, -0.2) is 0 Å². The highest BCUT2D eigenvalue weighted by Crippen LogP contribution is 2.41. The minimum atomic E-state index is 0.308. The molecule has 5 heteroatoms. The molecule has 1 aliphatic rings. The van der Waals surface area contributed by atoms with Crippen LogP contribution in [0.2, 0.25) is 5.02 Å². The zero-order chi connectivity index (χ0) is 11.9. The zero-order valence-electron chi connectivity index (χ0n) is 10.00. The normalized spacial score (nSPS) is 25.8. The van der Waals surface area contributed by atoms with Crippen molar-refractivity contribution in [3.8, 4) is 0 Å². The second kappa shape index (κ2) is 4.35. The largest absolute Gasteiger partial charge is 0.271 e. The summed E-state index contributed by atoms with van der Waals surface area (Å²) in [6.07, 6.45) is 2.10. The summed E-state index contributed by atoms with van der Waals surface area (Å²) in [6, 6.07) is 0.308. The van der Waals surface area contributed by atoms with E-state index in [2.05, 4.69) is 17.4 Å². The average Bonchev–Trinajstić information content (AvgIpc) is 2.90. The first-order valence-corrected chi connectivity index (χ1v) is 6.06. The molecule has 0 saturated heterocycles. The van der Waals surface area contributed by atoms with Gasteiger partial charge in [-0.15, -0.1) is 0 Å². The van der Waals surface area contributed by atoms with Gasteiger partial charge in [0, 0.05) is 19.5 Å². The van der Waals surface area contributed by atoms with E-state index in [0.29, 0.717) is 12.0 Å². The molecule has 1 aromatic rings. The first kappa shape index (κ1) is 11.9. The Hall–Kier alpha value is -0.580. The molecule has 0 amide bonds. The SMILES string of the molecule is Cc1nn(C)c(CC(NN)C2CC2C)c1Cl. The maximum atomic E-state index is 6.22. The molecule has 3 atom stereocenters. The van der Waals surface area contributed by atoms with Gasteiger partial charge in [0.2, 0.25) is 0 Å². The molecule has 1 heterocycles. The number of hydrogen-bond acceptors (Lipinski definition) is 3. The highest BCUT2D eigenvalue weighted by molar-refractivity contribution is 6.31. The Bertz CT molecular complexity index is 388. The zero-order valence-corrected chi connectivity index (χ0v) is 10.8. The summed E-state index contributed by atoms with van der Waals surface area (Å²) in [6.45, 7) is 4.18. The fourth-order valence-corrected chi connectivity index (χ4v) is 2.59. The summed E-state index contributed by atoms with van der Waals surface area (Å²) in [5.74, 6) is 7.06. The van der Waals surface area contributed by atoms with Gasteiger partial charge in [-0.05, 0) is 25.2 Å². The number of hydrogen-bond donors (Lipinski definition) is 2. The topological polar surface area (TPSA) is 55.9 Å². The molecule has 2 rings (SSSR count). The monoisotopic (exact) mass is 242 g/mol. The van der Waals surface area contributed by atoms with Crippen LogP contribution < -0.4 is 11.3 Å². The van der Waals surface area contributed by atoms with Crippen LogP contribution in [-0.4, -0.2) is 15.8 Å². The minimum absolute atomic E-state index is 0.308. The van der Waals surface area contributed by atoms with Gasteiger partial charge in [0.1, 0.15) is 0 Å². The van der Waals surface area contributed by atoms with Gasteiger partial charge in [-0.2, -0.15) is 5.10 Å². The summed E-state index contributed by atoms with van der Waals surface area (Å²) in [7, 11) is 1.93. The van der Waals surface area contributed by atoms with E-state index in [-0.39, 0.29) is 0 Å². The predicted octanol–water partition coefficient (Wildman–Crippen LogP) is 1.41. The van der Waals surface area contributed by atoms with Crippen LogP contribution in [0.25, 0.3) is 0 Å². The van der Waals surface area contributed by atoms with Crippen molar-refractivity contribution in [2.75, 3.05) is 0 Å². The van der Waals surface area contributed by atoms with Crippen molar-refractivity contribution in [2.24, 2.45) is 24.7 Å². The van der Waals surface area contributed by atoms with Gasteiger partial charge in [-0.1, -0.05) is 18.5 Å². The fraction of sp³-hybridized carbons (Fsp3) is 0.727. The third kappa shape index (κ3) is 2.10. The van der Waals surface area contributed by atoms with Gasteiger partial charge in [0.25, 0.3) is 0 Å². The molecule has 1 aromatic heterocycles. The molecule has 1 saturated carbocycles. The Kier molecular flexibility index (Phi) is 3.24. The number of aryl methyl sites for hydroxylation is 2. The Morgan fingerprint density at radius 1 is 1.69 bits per heavy atom. The number of rotatable bonds is 4. The molecular weight excluding hydrogens is 224 g/mol. The van der Waals surface area contributed by atoms with Gasteiger partial charge in [-0.3, -0.25) is 16.0 Å². The lowest BCUT2D eigenvalue weighted by Gasteiger charge is -2.15. The second-order valence-corrected chi connectivity index (χ2v) is 5.20. The van der Waals surface area contributed by atoms with Crippen molar-refractivity contribution in [2.45, 2.75) is 32.7 Å².